The number of thiazole rings is 1. The molecule has 1 aromatic carbocycles. The van der Waals surface area contributed by atoms with Gasteiger partial charge in [0.15, 0.2) is 11.0 Å². The largest absolute Gasteiger partial charge is 0.416 e. The molecule has 8 nitrogen and oxygen atoms in total. The number of ether oxygens (including phenoxy) is 1. The lowest BCUT2D eigenvalue weighted by atomic mass is 10.2. The molecule has 3 aromatic heterocycles. The number of hydrogen-bond donors (Lipinski definition) is 0. The first kappa shape index (κ1) is 26.3. The molecule has 1 aliphatic rings. The van der Waals surface area contributed by atoms with E-state index in [9.17, 15) is 18.0 Å². The lowest BCUT2D eigenvalue weighted by Crippen LogP contribution is -2.48. The summed E-state index contributed by atoms with van der Waals surface area (Å²) in [4.78, 5) is 23.2. The second-order valence-electron chi connectivity index (χ2n) is 8.81. The van der Waals surface area contributed by atoms with Crippen LogP contribution in [0.15, 0.2) is 59.3 Å². The molecule has 2 unspecified atom stereocenters. The number of alkyl halides is 3. The van der Waals surface area contributed by atoms with E-state index in [2.05, 4.69) is 20.2 Å². The molecule has 198 valence electrons. The maximum atomic E-state index is 13.4. The molecule has 0 saturated carbocycles. The number of carbonyl (C=O) groups excluding carboxylic acids is 1. The van der Waals surface area contributed by atoms with Crippen LogP contribution in [0.25, 0.3) is 17.1 Å². The van der Waals surface area contributed by atoms with Crippen molar-refractivity contribution in [3.05, 3.63) is 70.4 Å². The van der Waals surface area contributed by atoms with Crippen molar-refractivity contribution < 1.29 is 22.7 Å². The molecule has 0 N–H and O–H groups in total. The molecule has 1 fully saturated rings. The van der Waals surface area contributed by atoms with Crippen LogP contribution in [-0.4, -0.2) is 60.8 Å². The van der Waals surface area contributed by atoms with E-state index in [1.54, 1.807) is 45.4 Å². The number of amides is 1. The number of hydrogen-bond acceptors (Lipinski definition) is 8. The molecular weight excluding hydrogens is 537 g/mol. The first-order valence-corrected chi connectivity index (χ1v) is 13.6. The van der Waals surface area contributed by atoms with Crippen molar-refractivity contribution in [3.8, 4) is 17.1 Å². The molecule has 4 aromatic rings. The number of aromatic nitrogens is 5. The van der Waals surface area contributed by atoms with Crippen LogP contribution >= 0.6 is 23.1 Å². The predicted octanol–water partition coefficient (Wildman–Crippen LogP) is 5.35. The number of carbonyl (C=O) groups is 1. The lowest BCUT2D eigenvalue weighted by molar-refractivity contribution is -0.137. The molecule has 1 saturated heterocycles. The fourth-order valence-corrected chi connectivity index (χ4v) is 5.95. The van der Waals surface area contributed by atoms with Crippen molar-refractivity contribution in [2.75, 3.05) is 13.1 Å². The highest BCUT2D eigenvalue weighted by molar-refractivity contribution is 7.98. The monoisotopic (exact) mass is 560 g/mol. The van der Waals surface area contributed by atoms with Crippen molar-refractivity contribution in [1.29, 1.82) is 0 Å². The van der Waals surface area contributed by atoms with E-state index in [4.69, 9.17) is 4.74 Å². The normalized spacial score (nSPS) is 18.1. The number of thioether (sulfide) groups is 1. The smallest absolute Gasteiger partial charge is 0.372 e. The predicted molar refractivity (Wildman–Crippen MR) is 137 cm³/mol. The highest BCUT2D eigenvalue weighted by atomic mass is 32.2. The summed E-state index contributed by atoms with van der Waals surface area (Å²) in [5, 5.41) is 11.4. The quantitative estimate of drug-likeness (QED) is 0.294. The number of halogens is 3. The van der Waals surface area contributed by atoms with Gasteiger partial charge in [-0.05, 0) is 44.2 Å². The Kier molecular flexibility index (Phi) is 7.50. The molecule has 4 heterocycles. The molecule has 0 bridgehead atoms. The summed E-state index contributed by atoms with van der Waals surface area (Å²) in [5.41, 5.74) is 0.538. The van der Waals surface area contributed by atoms with Crippen LogP contribution in [0.3, 0.4) is 0 Å². The first-order valence-electron chi connectivity index (χ1n) is 11.7. The molecule has 0 radical (unpaired) electrons. The minimum Gasteiger partial charge on any atom is -0.372 e. The second-order valence-corrected chi connectivity index (χ2v) is 10.7. The SMILES string of the molecule is CC1CN(C(=O)c2csc(CSc3nnc(-c4ccncc4)n3-c3cccc(C(F)(F)F)c3)n2)CC(C)O1. The van der Waals surface area contributed by atoms with Gasteiger partial charge in [0.05, 0.1) is 29.2 Å². The van der Waals surface area contributed by atoms with E-state index in [1.807, 2.05) is 13.8 Å². The topological polar surface area (TPSA) is 86.0 Å². The third-order valence-electron chi connectivity index (χ3n) is 5.81. The zero-order chi connectivity index (χ0) is 26.9. The number of rotatable bonds is 6. The van der Waals surface area contributed by atoms with Crippen molar-refractivity contribution in [1.82, 2.24) is 29.6 Å². The fraction of sp³-hybridized carbons (Fsp3) is 0.320. The Bertz CT molecular complexity index is 1420. The van der Waals surface area contributed by atoms with Crippen molar-refractivity contribution in [2.45, 2.75) is 43.1 Å². The standard InChI is InChI=1S/C25H23F3N6O2S2/c1-15-11-33(12-16(2)36-15)23(35)20-13-37-21(30-20)14-38-24-32-31-22(17-6-8-29-9-7-17)34(24)19-5-3-4-18(10-19)25(26,27)28/h3-10,13,15-16H,11-12,14H2,1-2H3. The van der Waals surface area contributed by atoms with Crippen molar-refractivity contribution in [2.24, 2.45) is 0 Å². The number of benzene rings is 1. The summed E-state index contributed by atoms with van der Waals surface area (Å²) >= 11 is 2.63. The third kappa shape index (κ3) is 5.74. The molecule has 1 aliphatic heterocycles. The van der Waals surface area contributed by atoms with Crippen LogP contribution in [0.5, 0.6) is 0 Å². The zero-order valence-electron chi connectivity index (χ0n) is 20.4. The number of pyridine rings is 1. The van der Waals surface area contributed by atoms with Crippen LogP contribution in [0, 0.1) is 0 Å². The van der Waals surface area contributed by atoms with Crippen LogP contribution in [0.2, 0.25) is 0 Å². The molecule has 1 amide bonds. The molecular formula is C25H23F3N6O2S2. The summed E-state index contributed by atoms with van der Waals surface area (Å²) in [6.07, 6.45) is -1.43. The number of nitrogens with zero attached hydrogens (tertiary/aromatic N) is 6. The summed E-state index contributed by atoms with van der Waals surface area (Å²) in [5.74, 6) is 0.604. The van der Waals surface area contributed by atoms with Crippen LogP contribution in [0.1, 0.15) is 34.9 Å². The Hall–Kier alpha value is -3.29. The van der Waals surface area contributed by atoms with Crippen LogP contribution in [0.4, 0.5) is 13.2 Å². The van der Waals surface area contributed by atoms with Gasteiger partial charge in [0.25, 0.3) is 5.91 Å². The summed E-state index contributed by atoms with van der Waals surface area (Å²) in [7, 11) is 0. The maximum absolute atomic E-state index is 13.4. The van der Waals surface area contributed by atoms with Gasteiger partial charge in [0.2, 0.25) is 0 Å². The molecule has 5 rings (SSSR count). The highest BCUT2D eigenvalue weighted by Crippen LogP contribution is 2.34. The molecule has 0 aliphatic carbocycles. The Balaban J connectivity index is 1.40. The lowest BCUT2D eigenvalue weighted by Gasteiger charge is -2.34. The van der Waals surface area contributed by atoms with E-state index in [1.165, 1.54) is 29.2 Å². The molecule has 0 spiro atoms. The first-order chi connectivity index (χ1) is 18.2. The summed E-state index contributed by atoms with van der Waals surface area (Å²) in [6, 6.07) is 8.47. The van der Waals surface area contributed by atoms with Gasteiger partial charge >= 0.3 is 6.18 Å². The Morgan fingerprint density at radius 2 is 1.87 bits per heavy atom. The van der Waals surface area contributed by atoms with E-state index in [-0.39, 0.29) is 23.8 Å². The fourth-order valence-electron chi connectivity index (χ4n) is 4.21. The van der Waals surface area contributed by atoms with Gasteiger partial charge in [-0.3, -0.25) is 14.3 Å². The average molecular weight is 561 g/mol. The summed E-state index contributed by atoms with van der Waals surface area (Å²) in [6.45, 7) is 4.87. The Morgan fingerprint density at radius 3 is 2.58 bits per heavy atom. The van der Waals surface area contributed by atoms with E-state index in [0.717, 1.165) is 12.1 Å². The molecule has 13 heteroatoms. The van der Waals surface area contributed by atoms with Crippen LogP contribution < -0.4 is 0 Å². The minimum absolute atomic E-state index is 0.0480. The van der Waals surface area contributed by atoms with Gasteiger partial charge in [-0.15, -0.1) is 21.5 Å². The van der Waals surface area contributed by atoms with Gasteiger partial charge in [-0.1, -0.05) is 17.8 Å². The van der Waals surface area contributed by atoms with Crippen LogP contribution in [-0.2, 0) is 16.7 Å². The van der Waals surface area contributed by atoms with Crippen molar-refractivity contribution >= 4 is 29.0 Å². The molecule has 2 atom stereocenters. The van der Waals surface area contributed by atoms with E-state index < -0.39 is 11.7 Å². The average Bonchev–Trinajstić information content (AvgIpc) is 3.54. The Morgan fingerprint density at radius 1 is 1.13 bits per heavy atom. The van der Waals surface area contributed by atoms with Gasteiger partial charge in [0.1, 0.15) is 10.7 Å². The van der Waals surface area contributed by atoms with E-state index >= 15 is 0 Å². The number of morpholine rings is 1. The summed E-state index contributed by atoms with van der Waals surface area (Å²) < 4.78 is 47.6. The van der Waals surface area contributed by atoms with Gasteiger partial charge < -0.3 is 9.64 Å². The van der Waals surface area contributed by atoms with Gasteiger partial charge in [0, 0.05) is 36.4 Å². The van der Waals surface area contributed by atoms with E-state index in [0.29, 0.717) is 46.1 Å². The van der Waals surface area contributed by atoms with Gasteiger partial charge in [-0.25, -0.2) is 4.98 Å². The van der Waals surface area contributed by atoms with Gasteiger partial charge in [-0.2, -0.15) is 13.2 Å². The maximum Gasteiger partial charge on any atom is 0.416 e. The zero-order valence-corrected chi connectivity index (χ0v) is 22.1. The molecule has 38 heavy (non-hydrogen) atoms. The minimum atomic E-state index is -4.49. The highest BCUT2D eigenvalue weighted by Gasteiger charge is 2.31. The third-order valence-corrected chi connectivity index (χ3v) is 7.78. The second kappa shape index (κ2) is 10.8. The van der Waals surface area contributed by atoms with Crippen molar-refractivity contribution in [3.63, 3.8) is 0 Å². The Labute approximate surface area is 224 Å².